The van der Waals surface area contributed by atoms with Crippen LogP contribution in [0.5, 0.6) is 0 Å². The summed E-state index contributed by atoms with van der Waals surface area (Å²) in [7, 11) is 0. The summed E-state index contributed by atoms with van der Waals surface area (Å²) in [4.78, 5) is 3.59. The Morgan fingerprint density at radius 3 is 1.63 bits per heavy atom. The highest BCUT2D eigenvalue weighted by Gasteiger charge is 2.21. The topological polar surface area (TPSA) is 21.3 Å². The summed E-state index contributed by atoms with van der Waals surface area (Å²) in [6.07, 6.45) is 0. The Hall–Kier alpha value is -7.66. The lowest BCUT2D eigenvalue weighted by Crippen LogP contribution is -2.10. The highest BCUT2D eigenvalue weighted by Crippen LogP contribution is 2.45. The largest absolute Gasteiger partial charge is 0.454 e. The first kappa shape index (κ1) is 34.4. The molecule has 0 atom stereocenters. The quantitative estimate of drug-likeness (QED) is 0.161. The van der Waals surface area contributed by atoms with E-state index < -0.39 is 0 Å². The SMILES string of the molecule is c1ccc(-c2ccc(-c3ccc(N(c4ccc(-c5ccc6c(c5)sc5c6c6ccccc6n5-c5ccccc5)cc4)c4cccc5c4oc4ccccc45)cc3)cc2)cc1. The molecule has 0 N–H and O–H groups in total. The van der Waals surface area contributed by atoms with Crippen molar-refractivity contribution >= 4 is 81.5 Å². The van der Waals surface area contributed by atoms with E-state index in [1.54, 1.807) is 0 Å². The van der Waals surface area contributed by atoms with Gasteiger partial charge in [0.2, 0.25) is 0 Å². The molecule has 0 bridgehead atoms. The van der Waals surface area contributed by atoms with Gasteiger partial charge in [0.15, 0.2) is 5.58 Å². The van der Waals surface area contributed by atoms with Crippen LogP contribution in [0.4, 0.5) is 17.1 Å². The van der Waals surface area contributed by atoms with Crippen LogP contribution in [-0.4, -0.2) is 4.57 Å². The van der Waals surface area contributed by atoms with Crippen molar-refractivity contribution in [3.63, 3.8) is 0 Å². The second kappa shape index (κ2) is 14.0. The van der Waals surface area contributed by atoms with E-state index in [-0.39, 0.29) is 0 Å². The van der Waals surface area contributed by atoms with Crippen molar-refractivity contribution in [2.75, 3.05) is 4.90 Å². The molecule has 4 heteroatoms. The Morgan fingerprint density at radius 2 is 0.933 bits per heavy atom. The van der Waals surface area contributed by atoms with Gasteiger partial charge in [-0.15, -0.1) is 11.3 Å². The van der Waals surface area contributed by atoms with Gasteiger partial charge in [-0.05, 0) is 94.0 Å². The number of para-hydroxylation sites is 4. The lowest BCUT2D eigenvalue weighted by atomic mass is 10.00. The van der Waals surface area contributed by atoms with E-state index in [4.69, 9.17) is 4.42 Å². The highest BCUT2D eigenvalue weighted by atomic mass is 32.1. The van der Waals surface area contributed by atoms with Gasteiger partial charge in [0, 0.05) is 48.7 Å². The first-order chi connectivity index (χ1) is 29.7. The van der Waals surface area contributed by atoms with Crippen molar-refractivity contribution in [3.05, 3.63) is 218 Å². The molecule has 282 valence electrons. The van der Waals surface area contributed by atoms with Gasteiger partial charge in [-0.1, -0.05) is 158 Å². The Labute approximate surface area is 351 Å². The number of fused-ring (bicyclic) bond motifs is 8. The summed E-state index contributed by atoms with van der Waals surface area (Å²) < 4.78 is 10.3. The van der Waals surface area contributed by atoms with Crippen LogP contribution in [0.2, 0.25) is 0 Å². The van der Waals surface area contributed by atoms with Crippen molar-refractivity contribution in [1.82, 2.24) is 4.57 Å². The van der Waals surface area contributed by atoms with E-state index in [2.05, 4.69) is 216 Å². The van der Waals surface area contributed by atoms with Crippen molar-refractivity contribution in [1.29, 1.82) is 0 Å². The number of hydrogen-bond acceptors (Lipinski definition) is 3. The molecule has 9 aromatic carbocycles. The third-order valence-corrected chi connectivity index (χ3v) is 13.0. The Bertz CT molecular complexity index is 3510. The second-order valence-electron chi connectivity index (χ2n) is 15.3. The monoisotopic (exact) mass is 784 g/mol. The maximum atomic E-state index is 6.62. The van der Waals surface area contributed by atoms with Crippen LogP contribution in [0.25, 0.3) is 92.2 Å². The van der Waals surface area contributed by atoms with Gasteiger partial charge in [0.25, 0.3) is 0 Å². The van der Waals surface area contributed by atoms with Crippen molar-refractivity contribution in [2.45, 2.75) is 0 Å². The van der Waals surface area contributed by atoms with Crippen LogP contribution in [-0.2, 0) is 0 Å². The van der Waals surface area contributed by atoms with Gasteiger partial charge < -0.3 is 13.9 Å². The summed E-state index contributed by atoms with van der Waals surface area (Å²) in [5.41, 5.74) is 14.4. The molecule has 3 heterocycles. The van der Waals surface area contributed by atoms with Gasteiger partial charge in [-0.25, -0.2) is 0 Å². The molecule has 0 fully saturated rings. The molecule has 0 aliphatic carbocycles. The Kier molecular flexibility index (Phi) is 8.03. The summed E-state index contributed by atoms with van der Waals surface area (Å²) in [5, 5.41) is 6.12. The fourth-order valence-electron chi connectivity index (χ4n) is 8.93. The standard InChI is InChI=1S/C56H36N2OS/c1-3-12-37(13-4-1)38-22-24-39(25-23-38)40-26-31-44(32-27-40)57(51-20-11-18-47-46-16-8-10-21-52(46)59-55(47)51)45-33-28-41(29-34-45)42-30-35-49-53(36-42)60-56-54(49)48-17-7-9-19-50(48)58(56)43-14-5-2-6-15-43/h1-36H. The summed E-state index contributed by atoms with van der Waals surface area (Å²) in [6, 6.07) is 78.4. The average Bonchev–Trinajstić information content (AvgIpc) is 3.99. The minimum Gasteiger partial charge on any atom is -0.454 e. The predicted octanol–water partition coefficient (Wildman–Crippen LogP) is 16.4. The van der Waals surface area contributed by atoms with E-state index in [1.807, 2.05) is 23.5 Å². The number of hydrogen-bond donors (Lipinski definition) is 0. The zero-order valence-corrected chi connectivity index (χ0v) is 33.3. The van der Waals surface area contributed by atoms with Gasteiger partial charge >= 0.3 is 0 Å². The molecule has 0 unspecified atom stereocenters. The molecule has 0 saturated carbocycles. The lowest BCUT2D eigenvalue weighted by molar-refractivity contribution is 0.669. The summed E-state index contributed by atoms with van der Waals surface area (Å²) in [5.74, 6) is 0. The number of furan rings is 1. The second-order valence-corrected chi connectivity index (χ2v) is 16.3. The molecule has 3 nitrogen and oxygen atoms in total. The maximum absolute atomic E-state index is 6.62. The number of benzene rings is 9. The molecule has 0 spiro atoms. The molecule has 0 aliphatic heterocycles. The van der Waals surface area contributed by atoms with E-state index in [0.717, 1.165) is 39.0 Å². The number of nitrogens with zero attached hydrogens (tertiary/aromatic N) is 2. The Balaban J connectivity index is 0.937. The number of thiophene rings is 1. The Morgan fingerprint density at radius 1 is 0.400 bits per heavy atom. The van der Waals surface area contributed by atoms with Gasteiger partial charge in [-0.3, -0.25) is 0 Å². The van der Waals surface area contributed by atoms with Gasteiger partial charge in [0.05, 0.1) is 11.2 Å². The number of anilines is 3. The predicted molar refractivity (Wildman–Crippen MR) is 254 cm³/mol. The minimum atomic E-state index is 0.866. The van der Waals surface area contributed by atoms with Crippen LogP contribution < -0.4 is 4.90 Å². The molecular formula is C56H36N2OS. The van der Waals surface area contributed by atoms with Crippen LogP contribution in [0.3, 0.4) is 0 Å². The number of aromatic nitrogens is 1. The van der Waals surface area contributed by atoms with E-state index >= 15 is 0 Å². The first-order valence-electron chi connectivity index (χ1n) is 20.3. The van der Waals surface area contributed by atoms with Gasteiger partial charge in [-0.2, -0.15) is 0 Å². The third-order valence-electron chi connectivity index (χ3n) is 11.8. The fraction of sp³-hybridized carbons (Fsp3) is 0. The van der Waals surface area contributed by atoms with Crippen LogP contribution in [0.1, 0.15) is 0 Å². The first-order valence-corrected chi connectivity index (χ1v) is 21.1. The highest BCUT2D eigenvalue weighted by molar-refractivity contribution is 7.25. The number of rotatable bonds is 7. The summed E-state index contributed by atoms with van der Waals surface area (Å²) >= 11 is 1.87. The average molecular weight is 785 g/mol. The zero-order chi connectivity index (χ0) is 39.6. The molecule has 0 amide bonds. The normalized spacial score (nSPS) is 11.7. The molecule has 12 aromatic rings. The lowest BCUT2D eigenvalue weighted by Gasteiger charge is -2.26. The minimum absolute atomic E-state index is 0.866. The van der Waals surface area contributed by atoms with Crippen LogP contribution in [0, 0.1) is 0 Å². The van der Waals surface area contributed by atoms with Crippen molar-refractivity contribution in [3.8, 4) is 39.1 Å². The van der Waals surface area contributed by atoms with E-state index in [0.29, 0.717) is 0 Å². The fourth-order valence-corrected chi connectivity index (χ4v) is 10.2. The molecule has 3 aromatic heterocycles. The van der Waals surface area contributed by atoms with Crippen molar-refractivity contribution in [2.24, 2.45) is 0 Å². The van der Waals surface area contributed by atoms with Crippen LogP contribution in [0.15, 0.2) is 223 Å². The van der Waals surface area contributed by atoms with Crippen LogP contribution >= 0.6 is 11.3 Å². The van der Waals surface area contributed by atoms with Crippen molar-refractivity contribution < 1.29 is 4.42 Å². The zero-order valence-electron chi connectivity index (χ0n) is 32.5. The van der Waals surface area contributed by atoms with E-state index in [9.17, 15) is 0 Å². The summed E-state index contributed by atoms with van der Waals surface area (Å²) in [6.45, 7) is 0. The van der Waals surface area contributed by atoms with E-state index in [1.165, 1.54) is 70.3 Å². The molecule has 60 heavy (non-hydrogen) atoms. The third kappa shape index (κ3) is 5.65. The van der Waals surface area contributed by atoms with Gasteiger partial charge in [0.1, 0.15) is 10.4 Å². The molecular weight excluding hydrogens is 749 g/mol. The molecule has 0 saturated heterocycles. The molecule has 0 radical (unpaired) electrons. The smallest absolute Gasteiger partial charge is 0.159 e. The maximum Gasteiger partial charge on any atom is 0.159 e. The molecule has 12 rings (SSSR count). The molecule has 0 aliphatic rings.